The molecule has 1 aromatic heterocycles. The average Bonchev–Trinajstić information content (AvgIpc) is 2.54. The quantitative estimate of drug-likeness (QED) is 0.898. The van der Waals surface area contributed by atoms with E-state index in [1.54, 1.807) is 0 Å². The van der Waals surface area contributed by atoms with Gasteiger partial charge in [-0.25, -0.2) is 0 Å². The van der Waals surface area contributed by atoms with Crippen LogP contribution in [0, 0.1) is 13.8 Å². The minimum absolute atomic E-state index is 0.414. The summed E-state index contributed by atoms with van der Waals surface area (Å²) in [6.45, 7) is 6.53. The second kappa shape index (κ2) is 5.44. The molecule has 1 saturated heterocycles. The summed E-state index contributed by atoms with van der Waals surface area (Å²) in [7, 11) is 2.02. The largest absolute Gasteiger partial charge is 0.307 e. The number of hydrogen-bond donors (Lipinski definition) is 1. The molecule has 0 spiro atoms. The molecular formula is C13H23N3S. The third-order valence-corrected chi connectivity index (χ3v) is 4.75. The van der Waals surface area contributed by atoms with Crippen LogP contribution in [0.1, 0.15) is 42.8 Å². The van der Waals surface area contributed by atoms with Gasteiger partial charge in [-0.2, -0.15) is 16.9 Å². The number of thioether (sulfide) groups is 1. The lowest BCUT2D eigenvalue weighted by atomic mass is 10.0. The second-order valence-corrected chi connectivity index (χ2v) is 6.21. The highest BCUT2D eigenvalue weighted by Gasteiger charge is 2.20. The van der Waals surface area contributed by atoms with Gasteiger partial charge in [-0.1, -0.05) is 0 Å². The van der Waals surface area contributed by atoms with Crippen LogP contribution in [0.5, 0.6) is 0 Å². The lowest BCUT2D eigenvalue weighted by Crippen LogP contribution is -2.34. The minimum Gasteiger partial charge on any atom is -0.307 e. The van der Waals surface area contributed by atoms with Gasteiger partial charge in [-0.05, 0) is 45.1 Å². The average molecular weight is 253 g/mol. The van der Waals surface area contributed by atoms with E-state index in [4.69, 9.17) is 0 Å². The highest BCUT2D eigenvalue weighted by Crippen LogP contribution is 2.24. The third-order valence-electron chi connectivity index (χ3n) is 3.71. The molecule has 1 fully saturated rings. The molecule has 2 heterocycles. The number of rotatable bonds is 3. The van der Waals surface area contributed by atoms with Crippen LogP contribution in [0.15, 0.2) is 0 Å². The van der Waals surface area contributed by atoms with Crippen LogP contribution in [0.3, 0.4) is 0 Å². The zero-order chi connectivity index (χ0) is 12.4. The number of hydrogen-bond acceptors (Lipinski definition) is 3. The van der Waals surface area contributed by atoms with Crippen molar-refractivity contribution in [1.82, 2.24) is 15.1 Å². The van der Waals surface area contributed by atoms with Crippen LogP contribution in [0.4, 0.5) is 0 Å². The number of aromatic nitrogens is 2. The van der Waals surface area contributed by atoms with Crippen LogP contribution in [-0.2, 0) is 7.05 Å². The Balaban J connectivity index is 2.05. The molecule has 1 N–H and O–H groups in total. The van der Waals surface area contributed by atoms with Gasteiger partial charge >= 0.3 is 0 Å². The molecule has 4 heteroatoms. The molecule has 1 aromatic rings. The van der Waals surface area contributed by atoms with Gasteiger partial charge in [0.1, 0.15) is 0 Å². The van der Waals surface area contributed by atoms with Crippen LogP contribution in [0.2, 0.25) is 0 Å². The van der Waals surface area contributed by atoms with Crippen molar-refractivity contribution in [3.63, 3.8) is 0 Å². The van der Waals surface area contributed by atoms with E-state index in [2.05, 4.69) is 42.9 Å². The Kier molecular flexibility index (Phi) is 4.15. The Labute approximate surface area is 108 Å². The first-order valence-electron chi connectivity index (χ1n) is 6.43. The molecular weight excluding hydrogens is 230 g/mol. The standard InChI is InChI=1S/C13H23N3S/c1-9(14-12-5-7-17-8-6-12)13-10(2)15-16(4)11(13)3/h9,12,14H,5-8H2,1-4H3. The number of aryl methyl sites for hydroxylation is 2. The molecule has 3 nitrogen and oxygen atoms in total. The summed E-state index contributed by atoms with van der Waals surface area (Å²) >= 11 is 2.08. The molecule has 1 unspecified atom stereocenters. The fraction of sp³-hybridized carbons (Fsp3) is 0.769. The van der Waals surface area contributed by atoms with E-state index in [-0.39, 0.29) is 0 Å². The zero-order valence-electron chi connectivity index (χ0n) is 11.3. The maximum Gasteiger partial charge on any atom is 0.0644 e. The Morgan fingerprint density at radius 2 is 2.00 bits per heavy atom. The first-order valence-corrected chi connectivity index (χ1v) is 7.59. The monoisotopic (exact) mass is 253 g/mol. The molecule has 96 valence electrons. The molecule has 1 atom stereocenters. The molecule has 0 aromatic carbocycles. The van der Waals surface area contributed by atoms with Crippen molar-refractivity contribution in [3.05, 3.63) is 17.0 Å². The SMILES string of the molecule is Cc1nn(C)c(C)c1C(C)NC1CCSCC1. The van der Waals surface area contributed by atoms with Crippen molar-refractivity contribution in [3.8, 4) is 0 Å². The van der Waals surface area contributed by atoms with Gasteiger partial charge in [0, 0.05) is 30.4 Å². The van der Waals surface area contributed by atoms with Gasteiger partial charge in [0.25, 0.3) is 0 Å². The Morgan fingerprint density at radius 3 is 2.53 bits per heavy atom. The fourth-order valence-corrected chi connectivity index (χ4v) is 3.82. The van der Waals surface area contributed by atoms with Crippen LogP contribution < -0.4 is 5.32 Å². The number of nitrogens with one attached hydrogen (secondary N) is 1. The predicted molar refractivity (Wildman–Crippen MR) is 74.6 cm³/mol. The van der Waals surface area contributed by atoms with Crippen molar-refractivity contribution < 1.29 is 0 Å². The van der Waals surface area contributed by atoms with Gasteiger partial charge in [0.05, 0.1) is 5.69 Å². The molecule has 1 aliphatic rings. The first kappa shape index (κ1) is 13.0. The molecule has 1 aliphatic heterocycles. The van der Waals surface area contributed by atoms with E-state index >= 15 is 0 Å². The fourth-order valence-electron chi connectivity index (χ4n) is 2.72. The van der Waals surface area contributed by atoms with Crippen molar-refractivity contribution in [1.29, 1.82) is 0 Å². The lowest BCUT2D eigenvalue weighted by Gasteiger charge is -2.26. The maximum atomic E-state index is 4.50. The molecule has 0 bridgehead atoms. The number of nitrogens with zero attached hydrogens (tertiary/aromatic N) is 2. The summed E-state index contributed by atoms with van der Waals surface area (Å²) in [6.07, 6.45) is 2.60. The van der Waals surface area contributed by atoms with Crippen molar-refractivity contribution in [2.75, 3.05) is 11.5 Å². The van der Waals surface area contributed by atoms with Gasteiger partial charge < -0.3 is 5.32 Å². The maximum absolute atomic E-state index is 4.50. The van der Waals surface area contributed by atoms with Gasteiger partial charge in [-0.15, -0.1) is 0 Å². The van der Waals surface area contributed by atoms with Gasteiger partial charge in [-0.3, -0.25) is 4.68 Å². The van der Waals surface area contributed by atoms with E-state index in [0.29, 0.717) is 12.1 Å². The third kappa shape index (κ3) is 2.86. The Hall–Kier alpha value is -0.480. The topological polar surface area (TPSA) is 29.9 Å². The summed E-state index contributed by atoms with van der Waals surface area (Å²) in [5, 5.41) is 8.26. The van der Waals surface area contributed by atoms with Gasteiger partial charge in [0.2, 0.25) is 0 Å². The summed E-state index contributed by atoms with van der Waals surface area (Å²) < 4.78 is 1.99. The van der Waals surface area contributed by atoms with E-state index in [1.807, 2.05) is 11.7 Å². The predicted octanol–water partition coefficient (Wildman–Crippen LogP) is 2.58. The Morgan fingerprint density at radius 1 is 1.35 bits per heavy atom. The van der Waals surface area contributed by atoms with E-state index in [9.17, 15) is 0 Å². The lowest BCUT2D eigenvalue weighted by molar-refractivity contribution is 0.429. The zero-order valence-corrected chi connectivity index (χ0v) is 12.1. The molecule has 0 radical (unpaired) electrons. The first-order chi connectivity index (χ1) is 8.09. The molecule has 0 amide bonds. The molecule has 0 aliphatic carbocycles. The summed E-state index contributed by atoms with van der Waals surface area (Å²) in [5.41, 5.74) is 3.83. The highest BCUT2D eigenvalue weighted by atomic mass is 32.2. The minimum atomic E-state index is 0.414. The smallest absolute Gasteiger partial charge is 0.0644 e. The van der Waals surface area contributed by atoms with Crippen molar-refractivity contribution in [2.24, 2.45) is 7.05 Å². The van der Waals surface area contributed by atoms with E-state index < -0.39 is 0 Å². The van der Waals surface area contributed by atoms with Crippen molar-refractivity contribution in [2.45, 2.75) is 45.7 Å². The summed E-state index contributed by atoms with van der Waals surface area (Å²) in [6, 6.07) is 1.10. The molecule has 2 rings (SSSR count). The summed E-state index contributed by atoms with van der Waals surface area (Å²) in [5.74, 6) is 2.60. The summed E-state index contributed by atoms with van der Waals surface area (Å²) in [4.78, 5) is 0. The van der Waals surface area contributed by atoms with Gasteiger partial charge in [0.15, 0.2) is 0 Å². The van der Waals surface area contributed by atoms with Crippen LogP contribution >= 0.6 is 11.8 Å². The molecule has 17 heavy (non-hydrogen) atoms. The highest BCUT2D eigenvalue weighted by molar-refractivity contribution is 7.99. The van der Waals surface area contributed by atoms with Crippen molar-refractivity contribution >= 4 is 11.8 Å². The second-order valence-electron chi connectivity index (χ2n) is 4.98. The Bertz CT molecular complexity index is 380. The van der Waals surface area contributed by atoms with E-state index in [0.717, 1.165) is 5.69 Å². The van der Waals surface area contributed by atoms with E-state index in [1.165, 1.54) is 35.6 Å². The van der Waals surface area contributed by atoms with Crippen LogP contribution in [0.25, 0.3) is 0 Å². The normalized spacial score (nSPS) is 19.5. The molecule has 0 saturated carbocycles. The van der Waals surface area contributed by atoms with Crippen LogP contribution in [-0.4, -0.2) is 27.3 Å².